The third-order valence-corrected chi connectivity index (χ3v) is 4.09. The molecule has 25 heavy (non-hydrogen) atoms. The molecule has 0 N–H and O–H groups in total. The summed E-state index contributed by atoms with van der Waals surface area (Å²) < 4.78 is 10.7. The molecule has 1 aliphatic rings. The van der Waals surface area contributed by atoms with Crippen molar-refractivity contribution in [2.45, 2.75) is 58.6 Å². The van der Waals surface area contributed by atoms with E-state index in [-0.39, 0.29) is 18.1 Å². The van der Waals surface area contributed by atoms with Crippen LogP contribution >= 0.6 is 0 Å². The molecule has 1 aliphatic heterocycles. The van der Waals surface area contributed by atoms with E-state index >= 15 is 0 Å². The Morgan fingerprint density at radius 3 is 2.48 bits per heavy atom. The lowest BCUT2D eigenvalue weighted by molar-refractivity contribution is -0.140. The fraction of sp³-hybridized carbons (Fsp3) is 0.550. The van der Waals surface area contributed by atoms with Gasteiger partial charge in [-0.15, -0.1) is 0 Å². The number of amides is 1. The van der Waals surface area contributed by atoms with Gasteiger partial charge in [-0.3, -0.25) is 4.79 Å². The summed E-state index contributed by atoms with van der Waals surface area (Å²) in [5, 5.41) is 0. The van der Waals surface area contributed by atoms with Crippen LogP contribution in [0.4, 0.5) is 4.79 Å². The van der Waals surface area contributed by atoms with Gasteiger partial charge in [0.25, 0.3) is 0 Å². The van der Waals surface area contributed by atoms with E-state index in [1.807, 2.05) is 51.1 Å². The van der Waals surface area contributed by atoms with Gasteiger partial charge in [0.05, 0.1) is 6.61 Å². The maximum absolute atomic E-state index is 12.5. The first-order valence-electron chi connectivity index (χ1n) is 8.90. The highest BCUT2D eigenvalue weighted by Gasteiger charge is 2.36. The molecule has 0 aliphatic carbocycles. The Morgan fingerprint density at radius 2 is 1.88 bits per heavy atom. The number of rotatable bonds is 5. The van der Waals surface area contributed by atoms with Crippen LogP contribution in [-0.2, 0) is 14.3 Å². The van der Waals surface area contributed by atoms with E-state index in [4.69, 9.17) is 9.47 Å². The molecular weight excluding hydrogens is 318 g/mol. The van der Waals surface area contributed by atoms with E-state index in [0.717, 1.165) is 18.4 Å². The van der Waals surface area contributed by atoms with Crippen molar-refractivity contribution in [2.75, 3.05) is 13.2 Å². The van der Waals surface area contributed by atoms with Gasteiger partial charge in [0.1, 0.15) is 11.5 Å². The van der Waals surface area contributed by atoms with Crippen molar-refractivity contribution in [1.29, 1.82) is 0 Å². The molecule has 5 heteroatoms. The van der Waals surface area contributed by atoms with E-state index < -0.39 is 5.60 Å². The Kier molecular flexibility index (Phi) is 6.45. The SMILES string of the molecule is CCOC(=O)[C](CC1CCCN1C(=O)OC(C)(C)C)c1ccccc1. The Bertz CT molecular complexity index is 579. The second-order valence-electron chi connectivity index (χ2n) is 7.24. The number of carbonyl (C=O) groups is 2. The van der Waals surface area contributed by atoms with Gasteiger partial charge in [-0.05, 0) is 52.5 Å². The first kappa shape index (κ1) is 19.3. The maximum atomic E-state index is 12.5. The third kappa shape index (κ3) is 5.48. The van der Waals surface area contributed by atoms with Gasteiger partial charge in [-0.2, -0.15) is 0 Å². The number of esters is 1. The Morgan fingerprint density at radius 1 is 1.20 bits per heavy atom. The van der Waals surface area contributed by atoms with Crippen molar-refractivity contribution < 1.29 is 19.1 Å². The second kappa shape index (κ2) is 8.37. The van der Waals surface area contributed by atoms with Crippen molar-refractivity contribution in [3.8, 4) is 0 Å². The van der Waals surface area contributed by atoms with Gasteiger partial charge in [-0.1, -0.05) is 30.3 Å². The average Bonchev–Trinajstić information content (AvgIpc) is 3.00. The number of likely N-dealkylation sites (tertiary alicyclic amines) is 1. The van der Waals surface area contributed by atoms with Gasteiger partial charge in [0.2, 0.25) is 0 Å². The zero-order valence-electron chi connectivity index (χ0n) is 15.6. The highest BCUT2D eigenvalue weighted by atomic mass is 16.6. The summed E-state index contributed by atoms with van der Waals surface area (Å²) in [6.07, 6.45) is 1.93. The average molecular weight is 346 g/mol. The summed E-state index contributed by atoms with van der Waals surface area (Å²) in [6.45, 7) is 8.35. The van der Waals surface area contributed by atoms with Crippen LogP contribution in [0.2, 0.25) is 0 Å². The minimum absolute atomic E-state index is 0.0468. The molecule has 2 rings (SSSR count). The van der Waals surface area contributed by atoms with Crippen molar-refractivity contribution >= 4 is 12.1 Å². The minimum atomic E-state index is -0.530. The molecule has 1 saturated heterocycles. The molecule has 1 fully saturated rings. The van der Waals surface area contributed by atoms with Crippen LogP contribution in [0.15, 0.2) is 30.3 Å². The molecule has 1 atom stereocenters. The monoisotopic (exact) mass is 346 g/mol. The fourth-order valence-electron chi connectivity index (χ4n) is 3.02. The molecule has 0 bridgehead atoms. The lowest BCUT2D eigenvalue weighted by Gasteiger charge is -2.30. The fourth-order valence-corrected chi connectivity index (χ4v) is 3.02. The topological polar surface area (TPSA) is 55.8 Å². The van der Waals surface area contributed by atoms with E-state index in [1.165, 1.54) is 0 Å². The number of nitrogens with zero attached hydrogens (tertiary/aromatic N) is 1. The molecule has 137 valence electrons. The van der Waals surface area contributed by atoms with Crippen LogP contribution in [-0.4, -0.2) is 41.8 Å². The molecule has 5 nitrogen and oxygen atoms in total. The minimum Gasteiger partial charge on any atom is -0.465 e. The lowest BCUT2D eigenvalue weighted by atomic mass is 9.91. The first-order valence-corrected chi connectivity index (χ1v) is 8.90. The van der Waals surface area contributed by atoms with E-state index in [1.54, 1.807) is 11.8 Å². The summed E-state index contributed by atoms with van der Waals surface area (Å²) in [4.78, 5) is 26.6. The molecule has 1 aromatic rings. The quantitative estimate of drug-likeness (QED) is 0.757. The molecule has 1 radical (unpaired) electrons. The molecule has 1 heterocycles. The Labute approximate surface area is 150 Å². The van der Waals surface area contributed by atoms with Crippen molar-refractivity contribution in [3.05, 3.63) is 41.8 Å². The Balaban J connectivity index is 2.14. The number of benzene rings is 1. The Hall–Kier alpha value is -2.04. The zero-order chi connectivity index (χ0) is 18.4. The highest BCUT2D eigenvalue weighted by Crippen LogP contribution is 2.30. The maximum Gasteiger partial charge on any atom is 0.410 e. The largest absolute Gasteiger partial charge is 0.465 e. The van der Waals surface area contributed by atoms with Crippen LogP contribution in [0.3, 0.4) is 0 Å². The van der Waals surface area contributed by atoms with Gasteiger partial charge < -0.3 is 14.4 Å². The molecule has 0 saturated carbocycles. The van der Waals surface area contributed by atoms with Gasteiger partial charge >= 0.3 is 12.1 Å². The molecule has 1 amide bonds. The molecule has 1 unspecified atom stereocenters. The molecular formula is C20H28NO4. The van der Waals surface area contributed by atoms with E-state index in [2.05, 4.69) is 0 Å². The number of carbonyl (C=O) groups excluding carboxylic acids is 2. The van der Waals surface area contributed by atoms with E-state index in [0.29, 0.717) is 25.5 Å². The highest BCUT2D eigenvalue weighted by molar-refractivity contribution is 5.89. The van der Waals surface area contributed by atoms with Gasteiger partial charge in [-0.25, -0.2) is 4.79 Å². The lowest BCUT2D eigenvalue weighted by Crippen LogP contribution is -2.41. The summed E-state index contributed by atoms with van der Waals surface area (Å²) in [5.41, 5.74) is 0.314. The molecule has 0 spiro atoms. The van der Waals surface area contributed by atoms with Gasteiger partial charge in [0, 0.05) is 12.6 Å². The van der Waals surface area contributed by atoms with Crippen molar-refractivity contribution in [1.82, 2.24) is 4.90 Å². The zero-order valence-corrected chi connectivity index (χ0v) is 15.6. The summed E-state index contributed by atoms with van der Waals surface area (Å²) in [6, 6.07) is 9.46. The number of hydrogen-bond donors (Lipinski definition) is 0. The van der Waals surface area contributed by atoms with Crippen molar-refractivity contribution in [3.63, 3.8) is 0 Å². The summed E-state index contributed by atoms with van der Waals surface area (Å²) >= 11 is 0. The van der Waals surface area contributed by atoms with Crippen LogP contribution in [0, 0.1) is 5.92 Å². The van der Waals surface area contributed by atoms with Crippen LogP contribution < -0.4 is 0 Å². The molecule has 0 aromatic heterocycles. The smallest absolute Gasteiger partial charge is 0.410 e. The second-order valence-corrected chi connectivity index (χ2v) is 7.24. The molecule has 1 aromatic carbocycles. The van der Waals surface area contributed by atoms with Crippen LogP contribution in [0.5, 0.6) is 0 Å². The van der Waals surface area contributed by atoms with E-state index in [9.17, 15) is 9.59 Å². The standard InChI is InChI=1S/C20H28NO4/c1-5-24-18(22)17(15-10-7-6-8-11-15)14-16-12-9-13-21(16)19(23)25-20(2,3)4/h6-8,10-11,16H,5,9,12-14H2,1-4H3. The van der Waals surface area contributed by atoms with Crippen LogP contribution in [0.25, 0.3) is 0 Å². The first-order chi connectivity index (χ1) is 11.8. The van der Waals surface area contributed by atoms with Crippen molar-refractivity contribution in [2.24, 2.45) is 0 Å². The number of ether oxygens (including phenoxy) is 2. The normalized spacial score (nSPS) is 17.6. The van der Waals surface area contributed by atoms with Crippen LogP contribution in [0.1, 0.15) is 52.5 Å². The third-order valence-electron chi connectivity index (χ3n) is 4.09. The predicted molar refractivity (Wildman–Crippen MR) is 96.0 cm³/mol. The number of hydrogen-bond acceptors (Lipinski definition) is 4. The summed E-state index contributed by atoms with van der Waals surface area (Å²) in [7, 11) is 0. The summed E-state index contributed by atoms with van der Waals surface area (Å²) in [5.74, 6) is 0.299. The van der Waals surface area contributed by atoms with Gasteiger partial charge in [0.15, 0.2) is 0 Å². The predicted octanol–water partition coefficient (Wildman–Crippen LogP) is 3.96.